The fourth-order valence-electron chi connectivity index (χ4n) is 1.33. The number of thiophene rings is 2. The summed E-state index contributed by atoms with van der Waals surface area (Å²) in [6, 6.07) is 6.34. The van der Waals surface area contributed by atoms with Crippen molar-refractivity contribution in [2.75, 3.05) is 0 Å². The third-order valence-corrected chi connectivity index (χ3v) is 4.00. The summed E-state index contributed by atoms with van der Waals surface area (Å²) < 4.78 is 4.65. The maximum Gasteiger partial charge on any atom is 0.228 e. The van der Waals surface area contributed by atoms with Gasteiger partial charge in [0.2, 0.25) is 24.1 Å². The first kappa shape index (κ1) is 14.0. The summed E-state index contributed by atoms with van der Waals surface area (Å²) >= 11 is 2.28. The topological polar surface area (TPSA) is 83.8 Å². The standard InChI is InChI=1S/C12H10O5S2/c13-9(7-3-1-5-18-7)11(15)17-12(16)10(14)8-4-2-6-19-8/h1-6,11-12,15-16H. The van der Waals surface area contributed by atoms with Crippen molar-refractivity contribution in [3.63, 3.8) is 0 Å². The molecule has 0 radical (unpaired) electrons. The van der Waals surface area contributed by atoms with E-state index in [1.165, 1.54) is 12.1 Å². The lowest BCUT2D eigenvalue weighted by Crippen LogP contribution is -2.33. The maximum absolute atomic E-state index is 11.7. The lowest BCUT2D eigenvalue weighted by molar-refractivity contribution is -0.163. The quantitative estimate of drug-likeness (QED) is 0.624. The van der Waals surface area contributed by atoms with Gasteiger partial charge in [-0.05, 0) is 22.9 Å². The van der Waals surface area contributed by atoms with Crippen LogP contribution in [0.3, 0.4) is 0 Å². The highest BCUT2D eigenvalue weighted by Gasteiger charge is 2.26. The van der Waals surface area contributed by atoms with Gasteiger partial charge in [0.05, 0.1) is 9.75 Å². The Morgan fingerprint density at radius 1 is 0.947 bits per heavy atom. The van der Waals surface area contributed by atoms with Gasteiger partial charge in [-0.2, -0.15) is 0 Å². The normalized spacial score (nSPS) is 14.0. The molecule has 0 spiro atoms. The SMILES string of the molecule is O=C(c1cccs1)C(O)OC(O)C(=O)c1cccs1. The summed E-state index contributed by atoms with van der Waals surface area (Å²) in [4.78, 5) is 23.9. The molecule has 2 N–H and O–H groups in total. The van der Waals surface area contributed by atoms with Crippen molar-refractivity contribution < 1.29 is 24.5 Å². The summed E-state index contributed by atoms with van der Waals surface area (Å²) in [5.41, 5.74) is 0. The van der Waals surface area contributed by atoms with Gasteiger partial charge in [-0.1, -0.05) is 12.1 Å². The number of aliphatic hydroxyl groups is 2. The zero-order valence-electron chi connectivity index (χ0n) is 9.55. The molecule has 0 saturated heterocycles. The smallest absolute Gasteiger partial charge is 0.228 e. The molecule has 2 heterocycles. The molecule has 100 valence electrons. The minimum Gasteiger partial charge on any atom is -0.362 e. The zero-order chi connectivity index (χ0) is 13.8. The fraction of sp³-hybridized carbons (Fsp3) is 0.167. The predicted octanol–water partition coefficient (Wildman–Crippen LogP) is 1.53. The largest absolute Gasteiger partial charge is 0.362 e. The van der Waals surface area contributed by atoms with Crippen LogP contribution in [0.2, 0.25) is 0 Å². The van der Waals surface area contributed by atoms with Gasteiger partial charge in [-0.15, -0.1) is 22.7 Å². The Bertz CT molecular complexity index is 496. The van der Waals surface area contributed by atoms with Gasteiger partial charge < -0.3 is 14.9 Å². The van der Waals surface area contributed by atoms with Crippen molar-refractivity contribution in [3.05, 3.63) is 44.8 Å². The molecule has 2 atom stereocenters. The predicted molar refractivity (Wildman–Crippen MR) is 70.4 cm³/mol. The fourth-order valence-corrected chi connectivity index (χ4v) is 2.68. The van der Waals surface area contributed by atoms with Crippen LogP contribution < -0.4 is 0 Å². The molecule has 0 bridgehead atoms. The summed E-state index contributed by atoms with van der Waals surface area (Å²) in [6.07, 6.45) is -3.73. The van der Waals surface area contributed by atoms with Crippen LogP contribution in [0.4, 0.5) is 0 Å². The Labute approximate surface area is 116 Å². The van der Waals surface area contributed by atoms with Crippen molar-refractivity contribution >= 4 is 34.2 Å². The summed E-state index contributed by atoms with van der Waals surface area (Å²) in [6.45, 7) is 0. The molecule has 0 aliphatic rings. The third-order valence-electron chi connectivity index (χ3n) is 2.23. The molecule has 0 aromatic carbocycles. The first-order chi connectivity index (χ1) is 9.09. The van der Waals surface area contributed by atoms with E-state index in [1.807, 2.05) is 0 Å². The van der Waals surface area contributed by atoms with Crippen LogP contribution in [-0.2, 0) is 4.74 Å². The zero-order valence-corrected chi connectivity index (χ0v) is 11.2. The number of hydrogen-bond donors (Lipinski definition) is 2. The van der Waals surface area contributed by atoms with E-state index in [2.05, 4.69) is 4.74 Å². The number of rotatable bonds is 6. The Hall–Kier alpha value is -1.38. The number of hydrogen-bond acceptors (Lipinski definition) is 7. The summed E-state index contributed by atoms with van der Waals surface area (Å²) in [7, 11) is 0. The molecule has 2 aromatic rings. The first-order valence-corrected chi connectivity index (χ1v) is 7.02. The molecule has 2 rings (SSSR count). The highest BCUT2D eigenvalue weighted by Crippen LogP contribution is 2.15. The molecule has 0 saturated carbocycles. The van der Waals surface area contributed by atoms with Crippen LogP contribution >= 0.6 is 22.7 Å². The first-order valence-electron chi connectivity index (χ1n) is 5.26. The summed E-state index contributed by atoms with van der Waals surface area (Å²) in [5, 5.41) is 22.4. The molecule has 0 aliphatic heterocycles. The second-order valence-electron chi connectivity index (χ2n) is 3.52. The average molecular weight is 298 g/mol. The molecule has 2 aromatic heterocycles. The van der Waals surface area contributed by atoms with E-state index >= 15 is 0 Å². The maximum atomic E-state index is 11.7. The Balaban J connectivity index is 1.97. The molecule has 19 heavy (non-hydrogen) atoms. The average Bonchev–Trinajstić information content (AvgIpc) is 3.09. The minimum atomic E-state index is -1.86. The molecule has 0 aliphatic carbocycles. The van der Waals surface area contributed by atoms with Crippen molar-refractivity contribution in [1.29, 1.82) is 0 Å². The van der Waals surface area contributed by atoms with Crippen LogP contribution in [0.15, 0.2) is 35.0 Å². The molecular formula is C12H10O5S2. The van der Waals surface area contributed by atoms with Crippen LogP contribution in [0.25, 0.3) is 0 Å². The van der Waals surface area contributed by atoms with Crippen LogP contribution in [0.5, 0.6) is 0 Å². The number of aliphatic hydroxyl groups excluding tert-OH is 2. The Morgan fingerprint density at radius 2 is 1.37 bits per heavy atom. The van der Waals surface area contributed by atoms with E-state index in [0.29, 0.717) is 9.75 Å². The van der Waals surface area contributed by atoms with Gasteiger partial charge in [-0.3, -0.25) is 9.59 Å². The monoisotopic (exact) mass is 298 g/mol. The molecule has 2 unspecified atom stereocenters. The minimum absolute atomic E-state index is 0.295. The molecule has 5 nitrogen and oxygen atoms in total. The van der Waals surface area contributed by atoms with E-state index < -0.39 is 24.1 Å². The summed E-state index contributed by atoms with van der Waals surface area (Å²) in [5.74, 6) is -1.37. The molecular weight excluding hydrogens is 288 g/mol. The van der Waals surface area contributed by atoms with Crippen LogP contribution in [0.1, 0.15) is 19.3 Å². The second-order valence-corrected chi connectivity index (χ2v) is 5.42. The van der Waals surface area contributed by atoms with Gasteiger partial charge in [-0.25, -0.2) is 0 Å². The van der Waals surface area contributed by atoms with E-state index in [-0.39, 0.29) is 0 Å². The lowest BCUT2D eigenvalue weighted by Gasteiger charge is -2.14. The highest BCUT2D eigenvalue weighted by molar-refractivity contribution is 7.12. The highest BCUT2D eigenvalue weighted by atomic mass is 32.1. The molecule has 0 amide bonds. The van der Waals surface area contributed by atoms with Crippen molar-refractivity contribution in [2.45, 2.75) is 12.6 Å². The number of carbonyl (C=O) groups is 2. The third kappa shape index (κ3) is 3.34. The van der Waals surface area contributed by atoms with E-state index in [0.717, 1.165) is 22.7 Å². The lowest BCUT2D eigenvalue weighted by atomic mass is 10.3. The van der Waals surface area contributed by atoms with Gasteiger partial charge >= 0.3 is 0 Å². The Morgan fingerprint density at radius 3 is 1.68 bits per heavy atom. The van der Waals surface area contributed by atoms with E-state index in [4.69, 9.17) is 0 Å². The van der Waals surface area contributed by atoms with Gasteiger partial charge in [0, 0.05) is 0 Å². The van der Waals surface area contributed by atoms with Crippen molar-refractivity contribution in [1.82, 2.24) is 0 Å². The van der Waals surface area contributed by atoms with Gasteiger partial charge in [0.25, 0.3) is 0 Å². The van der Waals surface area contributed by atoms with Crippen molar-refractivity contribution in [3.8, 4) is 0 Å². The van der Waals surface area contributed by atoms with E-state index in [9.17, 15) is 19.8 Å². The number of Topliss-reactive ketones (excluding diaryl/α,β-unsaturated/α-hetero) is 2. The van der Waals surface area contributed by atoms with Crippen LogP contribution in [-0.4, -0.2) is 34.4 Å². The van der Waals surface area contributed by atoms with Crippen LogP contribution in [0, 0.1) is 0 Å². The molecule has 0 fully saturated rings. The van der Waals surface area contributed by atoms with Crippen molar-refractivity contribution in [2.24, 2.45) is 0 Å². The Kier molecular flexibility index (Phi) is 4.56. The number of carbonyl (C=O) groups excluding carboxylic acids is 2. The van der Waals surface area contributed by atoms with E-state index in [1.54, 1.807) is 22.9 Å². The second kappa shape index (κ2) is 6.18. The number of ether oxygens (including phenoxy) is 1. The number of ketones is 2. The van der Waals surface area contributed by atoms with Gasteiger partial charge in [0.15, 0.2) is 0 Å². The van der Waals surface area contributed by atoms with Gasteiger partial charge in [0.1, 0.15) is 0 Å². The molecule has 7 heteroatoms.